The molecule has 0 saturated heterocycles. The topological polar surface area (TPSA) is 40.5 Å². The summed E-state index contributed by atoms with van der Waals surface area (Å²) in [7, 11) is 0. The third kappa shape index (κ3) is 4.28. The Hall–Kier alpha value is -0.0800. The lowest BCUT2D eigenvalue weighted by Crippen LogP contribution is -2.54. The Morgan fingerprint density at radius 1 is 0.450 bits per heavy atom. The molecule has 0 heterocycles. The molecule has 14 atom stereocenters. The van der Waals surface area contributed by atoms with E-state index in [4.69, 9.17) is 0 Å². The minimum atomic E-state index is -0.0536. The number of hydrogen-bond acceptors (Lipinski definition) is 2. The zero-order valence-corrected chi connectivity index (χ0v) is 26.8. The van der Waals surface area contributed by atoms with Gasteiger partial charge in [0.2, 0.25) is 0 Å². The van der Waals surface area contributed by atoms with Gasteiger partial charge >= 0.3 is 0 Å². The van der Waals surface area contributed by atoms with E-state index < -0.39 is 0 Å². The summed E-state index contributed by atoms with van der Waals surface area (Å²) in [5.74, 6) is 7.61. The molecule has 0 aromatic heterocycles. The van der Waals surface area contributed by atoms with Crippen LogP contribution in [0.15, 0.2) is 0 Å². The fourth-order valence-corrected chi connectivity index (χ4v) is 14.5. The Morgan fingerprint density at radius 3 is 1.90 bits per heavy atom. The maximum Gasteiger partial charge on any atom is 0.0596 e. The second-order valence-corrected chi connectivity index (χ2v) is 18.2. The molecule has 0 spiro atoms. The van der Waals surface area contributed by atoms with E-state index in [1.165, 1.54) is 57.8 Å². The fourth-order valence-electron chi connectivity index (χ4n) is 14.5. The second kappa shape index (κ2) is 10.2. The molecular formula is C38H64O2. The van der Waals surface area contributed by atoms with E-state index in [9.17, 15) is 10.2 Å². The van der Waals surface area contributed by atoms with Crippen molar-refractivity contribution in [1.29, 1.82) is 0 Å². The van der Waals surface area contributed by atoms with Crippen molar-refractivity contribution in [3.8, 4) is 0 Å². The van der Waals surface area contributed by atoms with Crippen molar-refractivity contribution in [3.63, 3.8) is 0 Å². The smallest absolute Gasteiger partial charge is 0.0596 e. The van der Waals surface area contributed by atoms with Gasteiger partial charge < -0.3 is 10.2 Å². The van der Waals surface area contributed by atoms with Crippen molar-refractivity contribution in [2.75, 3.05) is 0 Å². The summed E-state index contributed by atoms with van der Waals surface area (Å²) in [6, 6.07) is 0. The Balaban J connectivity index is 0.000000133. The highest BCUT2D eigenvalue weighted by molar-refractivity contribution is 5.10. The molecule has 0 aliphatic heterocycles. The Bertz CT molecular complexity index is 930. The van der Waals surface area contributed by atoms with Crippen molar-refractivity contribution < 1.29 is 10.2 Å². The molecule has 0 aromatic rings. The lowest BCUT2D eigenvalue weighted by atomic mass is 9.45. The zero-order chi connectivity index (χ0) is 27.9. The number of rotatable bonds is 0. The molecule has 0 bridgehead atoms. The van der Waals surface area contributed by atoms with Crippen LogP contribution in [0.3, 0.4) is 0 Å². The van der Waals surface area contributed by atoms with Crippen LogP contribution in [-0.4, -0.2) is 22.4 Å². The minimum absolute atomic E-state index is 0.0400. The average molecular weight is 553 g/mol. The molecule has 8 aliphatic rings. The molecule has 228 valence electrons. The molecule has 8 fully saturated rings. The van der Waals surface area contributed by atoms with Gasteiger partial charge in [0.1, 0.15) is 0 Å². The van der Waals surface area contributed by atoms with Crippen molar-refractivity contribution >= 4 is 0 Å². The van der Waals surface area contributed by atoms with Crippen LogP contribution in [0.4, 0.5) is 0 Å². The number of hydrogen-bond donors (Lipinski definition) is 2. The lowest BCUT2D eigenvalue weighted by Gasteiger charge is -2.60. The molecule has 8 aliphatic carbocycles. The first-order valence-corrected chi connectivity index (χ1v) is 18.4. The highest BCUT2D eigenvalue weighted by Crippen LogP contribution is 2.67. The quantitative estimate of drug-likeness (QED) is 0.314. The van der Waals surface area contributed by atoms with Crippen LogP contribution in [0.1, 0.15) is 156 Å². The van der Waals surface area contributed by atoms with Gasteiger partial charge in [-0.05, 0) is 178 Å². The van der Waals surface area contributed by atoms with Crippen LogP contribution < -0.4 is 0 Å². The predicted octanol–water partition coefficient (Wildman–Crippen LogP) is 9.56. The number of fused-ring (bicyclic) bond motifs is 10. The number of aliphatic hydroxyl groups excluding tert-OH is 2. The van der Waals surface area contributed by atoms with Crippen molar-refractivity contribution in [3.05, 3.63) is 0 Å². The van der Waals surface area contributed by atoms with E-state index >= 15 is 0 Å². The summed E-state index contributed by atoms with van der Waals surface area (Å²) in [4.78, 5) is 0. The first-order chi connectivity index (χ1) is 19.1. The van der Waals surface area contributed by atoms with Crippen LogP contribution in [0.5, 0.6) is 0 Å². The summed E-state index contributed by atoms with van der Waals surface area (Å²) in [6.45, 7) is 10.2. The summed E-state index contributed by atoms with van der Waals surface area (Å²) < 4.78 is 0. The van der Waals surface area contributed by atoms with Crippen LogP contribution in [0.2, 0.25) is 0 Å². The van der Waals surface area contributed by atoms with Crippen molar-refractivity contribution in [2.45, 2.75) is 168 Å². The average Bonchev–Trinajstić information content (AvgIpc) is 3.48. The van der Waals surface area contributed by atoms with Gasteiger partial charge in [-0.3, -0.25) is 0 Å². The number of aliphatic hydroxyl groups is 2. The first kappa shape index (κ1) is 28.7. The molecule has 0 amide bonds. The van der Waals surface area contributed by atoms with Crippen LogP contribution in [-0.2, 0) is 0 Å². The molecule has 8 saturated carbocycles. The third-order valence-corrected chi connectivity index (χ3v) is 17.0. The van der Waals surface area contributed by atoms with Gasteiger partial charge in [-0.25, -0.2) is 0 Å². The lowest BCUT2D eigenvalue weighted by molar-refractivity contribution is -0.133. The molecule has 0 radical (unpaired) electrons. The van der Waals surface area contributed by atoms with E-state index in [1.54, 1.807) is 51.4 Å². The summed E-state index contributed by atoms with van der Waals surface area (Å²) in [6.07, 6.45) is 27.8. The normalized spacial score (nSPS) is 58.6. The van der Waals surface area contributed by atoms with E-state index in [0.29, 0.717) is 5.41 Å². The maximum atomic E-state index is 10.5. The Morgan fingerprint density at radius 2 is 1.10 bits per heavy atom. The van der Waals surface area contributed by atoms with Crippen molar-refractivity contribution in [2.24, 2.45) is 69.0 Å². The Kier molecular flexibility index (Phi) is 7.34. The van der Waals surface area contributed by atoms with Gasteiger partial charge in [-0.15, -0.1) is 0 Å². The van der Waals surface area contributed by atoms with Gasteiger partial charge in [-0.2, -0.15) is 0 Å². The largest absolute Gasteiger partial charge is 0.393 e. The fraction of sp³-hybridized carbons (Fsp3) is 1.00. The summed E-state index contributed by atoms with van der Waals surface area (Å²) >= 11 is 0. The van der Waals surface area contributed by atoms with Gasteiger partial charge in [0.25, 0.3) is 0 Å². The molecular weight excluding hydrogens is 488 g/mol. The van der Waals surface area contributed by atoms with Crippen LogP contribution in [0.25, 0.3) is 0 Å². The van der Waals surface area contributed by atoms with Crippen LogP contribution in [0, 0.1) is 69.0 Å². The van der Waals surface area contributed by atoms with Crippen molar-refractivity contribution in [1.82, 2.24) is 0 Å². The molecule has 8 rings (SSSR count). The summed E-state index contributed by atoms with van der Waals surface area (Å²) in [5, 5.41) is 20.5. The van der Waals surface area contributed by atoms with E-state index in [-0.39, 0.29) is 17.6 Å². The monoisotopic (exact) mass is 552 g/mol. The van der Waals surface area contributed by atoms with Crippen LogP contribution >= 0.6 is 0 Å². The van der Waals surface area contributed by atoms with E-state index in [2.05, 4.69) is 27.7 Å². The standard InChI is InChI=1S/C19H32O2.C19H32/c1-18-9-7-13(20)11-12(18)3-4-14-15-5-6-17(21)19(15,2)10-8-16(14)18;1-18-11-5-7-16(18)15-9-8-14-6-3-4-12-19(14,2)17(15)10-13-18/h12-17,20-21H,3-11H2,1-2H3;14-17H,3-13H2,1-2H3/t12-,13+,14-,15-,16-,17-,18-,19-;14?,15-,16-,17-,18-,19-/m00/s1. The SMILES string of the molecule is C[C@@]12CCC[C@H]1[C@@H]1CCC3CCCC[C@]3(C)[C@H]1CC2.C[C@]12CC[C@@H](O)C[C@@H]1CC[C@@H]1[C@@H]2CC[C@]2(C)[C@@H](O)CC[C@@H]12. The third-order valence-electron chi connectivity index (χ3n) is 17.0. The van der Waals surface area contributed by atoms with Gasteiger partial charge in [0, 0.05) is 0 Å². The van der Waals surface area contributed by atoms with E-state index in [1.807, 2.05) is 0 Å². The zero-order valence-electron chi connectivity index (χ0n) is 26.8. The highest BCUT2D eigenvalue weighted by Gasteiger charge is 2.60. The van der Waals surface area contributed by atoms with Gasteiger partial charge in [-0.1, -0.05) is 47.0 Å². The minimum Gasteiger partial charge on any atom is -0.393 e. The van der Waals surface area contributed by atoms with E-state index in [0.717, 1.165) is 77.4 Å². The molecule has 40 heavy (non-hydrogen) atoms. The maximum absolute atomic E-state index is 10.5. The molecule has 2 nitrogen and oxygen atoms in total. The van der Waals surface area contributed by atoms with Gasteiger partial charge in [0.05, 0.1) is 12.2 Å². The highest BCUT2D eigenvalue weighted by atomic mass is 16.3. The second-order valence-electron chi connectivity index (χ2n) is 18.2. The Labute approximate surface area is 247 Å². The molecule has 0 aromatic carbocycles. The molecule has 2 N–H and O–H groups in total. The first-order valence-electron chi connectivity index (χ1n) is 18.4. The predicted molar refractivity (Wildman–Crippen MR) is 165 cm³/mol. The van der Waals surface area contributed by atoms with Gasteiger partial charge in [0.15, 0.2) is 0 Å². The summed E-state index contributed by atoms with van der Waals surface area (Å²) in [5.41, 5.74) is 2.17. The molecule has 1 unspecified atom stereocenters. The molecule has 2 heteroatoms.